The van der Waals surface area contributed by atoms with Gasteiger partial charge in [0, 0.05) is 16.7 Å². The molecule has 2 nitrogen and oxygen atoms in total. The van der Waals surface area contributed by atoms with Crippen molar-refractivity contribution in [1.82, 2.24) is 5.32 Å². The molecule has 1 N–H and O–H groups in total. The predicted molar refractivity (Wildman–Crippen MR) is 80.6 cm³/mol. The van der Waals surface area contributed by atoms with Gasteiger partial charge in [0.1, 0.15) is 5.75 Å². The summed E-state index contributed by atoms with van der Waals surface area (Å²) in [6, 6.07) is 8.27. The van der Waals surface area contributed by atoms with Crippen molar-refractivity contribution in [2.24, 2.45) is 5.92 Å². The Kier molecular flexibility index (Phi) is 7.21. The van der Waals surface area contributed by atoms with Crippen molar-refractivity contribution in [3.63, 3.8) is 0 Å². The highest BCUT2D eigenvalue weighted by atomic mass is 32.2. The Morgan fingerprint density at radius 2 is 1.83 bits per heavy atom. The highest BCUT2D eigenvalue weighted by molar-refractivity contribution is 8.00. The van der Waals surface area contributed by atoms with Gasteiger partial charge in [-0.3, -0.25) is 0 Å². The molecule has 0 aromatic heterocycles. The van der Waals surface area contributed by atoms with E-state index in [9.17, 15) is 0 Å². The minimum atomic E-state index is 0.588. The Morgan fingerprint density at radius 3 is 2.39 bits per heavy atom. The summed E-state index contributed by atoms with van der Waals surface area (Å²) >= 11 is 1.90. The summed E-state index contributed by atoms with van der Waals surface area (Å²) in [5.41, 5.74) is 0. The van der Waals surface area contributed by atoms with Crippen molar-refractivity contribution in [2.75, 3.05) is 20.2 Å². The molecule has 102 valence electrons. The van der Waals surface area contributed by atoms with Crippen molar-refractivity contribution >= 4 is 11.8 Å². The third kappa shape index (κ3) is 6.31. The number of nitrogens with one attached hydrogen (secondary N) is 1. The lowest BCUT2D eigenvalue weighted by Crippen LogP contribution is -2.24. The molecule has 0 aliphatic rings. The van der Waals surface area contributed by atoms with E-state index in [2.05, 4.69) is 38.2 Å². The van der Waals surface area contributed by atoms with Crippen LogP contribution in [0.1, 0.15) is 27.2 Å². The van der Waals surface area contributed by atoms with E-state index in [1.165, 1.54) is 11.3 Å². The van der Waals surface area contributed by atoms with Gasteiger partial charge in [0.05, 0.1) is 7.11 Å². The summed E-state index contributed by atoms with van der Waals surface area (Å²) in [4.78, 5) is 1.30. The van der Waals surface area contributed by atoms with Crippen LogP contribution in [0.5, 0.6) is 5.75 Å². The van der Waals surface area contributed by atoms with Crippen molar-refractivity contribution in [2.45, 2.75) is 37.3 Å². The molecule has 0 radical (unpaired) electrons. The standard InChI is InChI=1S/C15H25NOS/c1-12(2)9-10-16-11-13(3)18-15-7-5-14(17-4)6-8-15/h5-8,12-13,16H,9-11H2,1-4H3. The van der Waals surface area contributed by atoms with Crippen LogP contribution in [0.25, 0.3) is 0 Å². The molecule has 18 heavy (non-hydrogen) atoms. The molecule has 0 saturated heterocycles. The molecule has 0 saturated carbocycles. The number of benzene rings is 1. The topological polar surface area (TPSA) is 21.3 Å². The normalized spacial score (nSPS) is 12.7. The van der Waals surface area contributed by atoms with E-state index in [-0.39, 0.29) is 0 Å². The van der Waals surface area contributed by atoms with Gasteiger partial charge in [0.25, 0.3) is 0 Å². The molecule has 0 spiro atoms. The van der Waals surface area contributed by atoms with Crippen LogP contribution in [0.2, 0.25) is 0 Å². The summed E-state index contributed by atoms with van der Waals surface area (Å²) in [7, 11) is 1.70. The summed E-state index contributed by atoms with van der Waals surface area (Å²) in [5, 5.41) is 4.10. The Balaban J connectivity index is 2.24. The van der Waals surface area contributed by atoms with E-state index >= 15 is 0 Å². The molecule has 3 heteroatoms. The number of thioether (sulfide) groups is 1. The Hall–Kier alpha value is -0.670. The maximum atomic E-state index is 5.15. The van der Waals surface area contributed by atoms with Crippen LogP contribution in [0.15, 0.2) is 29.2 Å². The van der Waals surface area contributed by atoms with Crippen molar-refractivity contribution in [3.8, 4) is 5.75 Å². The average Bonchev–Trinajstić information content (AvgIpc) is 2.35. The van der Waals surface area contributed by atoms with Gasteiger partial charge in [-0.2, -0.15) is 0 Å². The van der Waals surface area contributed by atoms with E-state index < -0.39 is 0 Å². The molecule has 1 unspecified atom stereocenters. The van der Waals surface area contributed by atoms with E-state index in [0.717, 1.165) is 24.8 Å². The van der Waals surface area contributed by atoms with Gasteiger partial charge in [-0.15, -0.1) is 11.8 Å². The van der Waals surface area contributed by atoms with Gasteiger partial charge >= 0.3 is 0 Å². The van der Waals surface area contributed by atoms with Gasteiger partial charge in [-0.05, 0) is 43.1 Å². The molecule has 1 aromatic carbocycles. The Bertz CT molecular complexity index is 324. The molecule has 0 heterocycles. The molecule has 0 aliphatic carbocycles. The van der Waals surface area contributed by atoms with Crippen LogP contribution >= 0.6 is 11.8 Å². The fourth-order valence-electron chi connectivity index (χ4n) is 1.62. The van der Waals surface area contributed by atoms with E-state index in [1.807, 2.05) is 23.9 Å². The fraction of sp³-hybridized carbons (Fsp3) is 0.600. The number of hydrogen-bond donors (Lipinski definition) is 1. The van der Waals surface area contributed by atoms with Gasteiger partial charge < -0.3 is 10.1 Å². The molecule has 1 rings (SSSR count). The van der Waals surface area contributed by atoms with Crippen LogP contribution in [0.3, 0.4) is 0 Å². The molecule has 1 aromatic rings. The number of rotatable bonds is 8. The zero-order valence-electron chi connectivity index (χ0n) is 11.9. The smallest absolute Gasteiger partial charge is 0.118 e. The second kappa shape index (κ2) is 8.44. The molecule has 0 aliphatic heterocycles. The molecular weight excluding hydrogens is 242 g/mol. The van der Waals surface area contributed by atoms with E-state index in [0.29, 0.717) is 5.25 Å². The van der Waals surface area contributed by atoms with Gasteiger partial charge in [-0.1, -0.05) is 20.8 Å². The molecule has 0 bridgehead atoms. The van der Waals surface area contributed by atoms with Gasteiger partial charge in [0.2, 0.25) is 0 Å². The lowest BCUT2D eigenvalue weighted by molar-refractivity contribution is 0.414. The Labute approximate surface area is 116 Å². The van der Waals surface area contributed by atoms with Gasteiger partial charge in [-0.25, -0.2) is 0 Å². The van der Waals surface area contributed by atoms with E-state index in [4.69, 9.17) is 4.74 Å². The lowest BCUT2D eigenvalue weighted by Gasteiger charge is -2.13. The Morgan fingerprint density at radius 1 is 1.17 bits per heavy atom. The maximum Gasteiger partial charge on any atom is 0.118 e. The van der Waals surface area contributed by atoms with Crippen molar-refractivity contribution in [3.05, 3.63) is 24.3 Å². The largest absolute Gasteiger partial charge is 0.497 e. The molecule has 0 fully saturated rings. The minimum absolute atomic E-state index is 0.588. The number of ether oxygens (including phenoxy) is 1. The van der Waals surface area contributed by atoms with Crippen molar-refractivity contribution < 1.29 is 4.74 Å². The summed E-state index contributed by atoms with van der Waals surface area (Å²) in [6.07, 6.45) is 1.25. The molecule has 1 atom stereocenters. The molecule has 0 amide bonds. The minimum Gasteiger partial charge on any atom is -0.497 e. The quantitative estimate of drug-likeness (QED) is 0.571. The zero-order chi connectivity index (χ0) is 13.4. The first-order chi connectivity index (χ1) is 8.61. The summed E-state index contributed by atoms with van der Waals surface area (Å²) < 4.78 is 5.15. The van der Waals surface area contributed by atoms with Gasteiger partial charge in [0.15, 0.2) is 0 Å². The van der Waals surface area contributed by atoms with Crippen LogP contribution in [0, 0.1) is 5.92 Å². The second-order valence-electron chi connectivity index (χ2n) is 4.99. The lowest BCUT2D eigenvalue weighted by atomic mass is 10.1. The first kappa shape index (κ1) is 15.4. The third-order valence-corrected chi connectivity index (χ3v) is 3.84. The van der Waals surface area contributed by atoms with Crippen LogP contribution < -0.4 is 10.1 Å². The predicted octanol–water partition coefficient (Wildman–Crippen LogP) is 3.81. The average molecular weight is 267 g/mol. The zero-order valence-corrected chi connectivity index (χ0v) is 12.7. The first-order valence-corrected chi connectivity index (χ1v) is 7.51. The summed E-state index contributed by atoms with van der Waals surface area (Å²) in [6.45, 7) is 8.96. The van der Waals surface area contributed by atoms with E-state index in [1.54, 1.807) is 7.11 Å². The van der Waals surface area contributed by atoms with Crippen LogP contribution in [-0.4, -0.2) is 25.4 Å². The van der Waals surface area contributed by atoms with Crippen LogP contribution in [-0.2, 0) is 0 Å². The molecular formula is C15H25NOS. The SMILES string of the molecule is COc1ccc(SC(C)CNCCC(C)C)cc1. The highest BCUT2D eigenvalue weighted by Gasteiger charge is 2.04. The first-order valence-electron chi connectivity index (χ1n) is 6.63. The highest BCUT2D eigenvalue weighted by Crippen LogP contribution is 2.24. The summed E-state index contributed by atoms with van der Waals surface area (Å²) in [5.74, 6) is 1.70. The van der Waals surface area contributed by atoms with Crippen molar-refractivity contribution in [1.29, 1.82) is 0 Å². The van der Waals surface area contributed by atoms with Crippen LogP contribution in [0.4, 0.5) is 0 Å². The third-order valence-electron chi connectivity index (χ3n) is 2.73. The number of methoxy groups -OCH3 is 1. The fourth-order valence-corrected chi connectivity index (χ4v) is 2.58. The monoisotopic (exact) mass is 267 g/mol. The number of hydrogen-bond acceptors (Lipinski definition) is 3. The maximum absolute atomic E-state index is 5.15. The second-order valence-corrected chi connectivity index (χ2v) is 6.50.